The number of fused-ring (bicyclic) bond motifs is 1. The first-order chi connectivity index (χ1) is 8.43. The third kappa shape index (κ3) is 2.09. The minimum atomic E-state index is 0.982. The summed E-state index contributed by atoms with van der Waals surface area (Å²) in [4.78, 5) is 0. The fourth-order valence-electron chi connectivity index (χ4n) is 2.15. The second kappa shape index (κ2) is 4.46. The Labute approximate surface area is 101 Å². The number of hydrogen-bond donors (Lipinski definition) is 0. The van der Waals surface area contributed by atoms with Crippen LogP contribution in [0.3, 0.4) is 0 Å². The van der Waals surface area contributed by atoms with E-state index in [0.29, 0.717) is 0 Å². The summed E-state index contributed by atoms with van der Waals surface area (Å²) >= 11 is 0. The molecule has 0 unspecified atom stereocenters. The number of rotatable bonds is 3. The molecule has 0 aliphatic heterocycles. The van der Waals surface area contributed by atoms with Crippen molar-refractivity contribution >= 4 is 11.0 Å². The minimum Gasteiger partial charge on any atom is -0.464 e. The summed E-state index contributed by atoms with van der Waals surface area (Å²) in [6, 6.07) is 18.8. The van der Waals surface area contributed by atoms with Gasteiger partial charge in [-0.3, -0.25) is 0 Å². The average Bonchev–Trinajstić information content (AvgIpc) is 2.81. The summed E-state index contributed by atoms with van der Waals surface area (Å²) in [6.07, 6.45) is 3.97. The maximum absolute atomic E-state index is 5.54. The molecular weight excluding hydrogens is 208 g/mol. The lowest BCUT2D eigenvalue weighted by molar-refractivity contribution is 0.610. The Morgan fingerprint density at radius 2 is 1.53 bits per heavy atom. The Bertz CT molecular complexity index is 608. The van der Waals surface area contributed by atoms with Gasteiger partial charge in [0.1, 0.15) is 5.58 Å². The van der Waals surface area contributed by atoms with Crippen LogP contribution in [0.4, 0.5) is 0 Å². The lowest BCUT2D eigenvalue weighted by Gasteiger charge is -1.99. The highest BCUT2D eigenvalue weighted by Crippen LogP contribution is 2.21. The molecule has 1 nitrogen and oxygen atoms in total. The molecule has 0 N–H and O–H groups in total. The zero-order valence-electron chi connectivity index (χ0n) is 9.60. The molecule has 0 spiro atoms. The molecule has 3 aromatic rings. The Morgan fingerprint density at radius 3 is 2.41 bits per heavy atom. The quantitative estimate of drug-likeness (QED) is 0.646. The second-order valence-corrected chi connectivity index (χ2v) is 4.24. The maximum atomic E-state index is 5.54. The second-order valence-electron chi connectivity index (χ2n) is 4.24. The fourth-order valence-corrected chi connectivity index (χ4v) is 2.15. The van der Waals surface area contributed by atoms with E-state index in [-0.39, 0.29) is 0 Å². The Hall–Kier alpha value is -2.02. The lowest BCUT2D eigenvalue weighted by Crippen LogP contribution is -1.89. The van der Waals surface area contributed by atoms with Crippen molar-refractivity contribution in [1.29, 1.82) is 0 Å². The van der Waals surface area contributed by atoms with Gasteiger partial charge in [0.05, 0.1) is 6.26 Å². The van der Waals surface area contributed by atoms with Crippen LogP contribution in [0.15, 0.2) is 65.3 Å². The summed E-state index contributed by atoms with van der Waals surface area (Å²) in [5.74, 6) is 0. The van der Waals surface area contributed by atoms with Crippen molar-refractivity contribution in [2.75, 3.05) is 0 Å². The van der Waals surface area contributed by atoms with Gasteiger partial charge in [-0.15, -0.1) is 0 Å². The fraction of sp³-hybridized carbons (Fsp3) is 0.125. The molecule has 1 heteroatoms. The van der Waals surface area contributed by atoms with Gasteiger partial charge in [-0.2, -0.15) is 0 Å². The van der Waals surface area contributed by atoms with Gasteiger partial charge >= 0.3 is 0 Å². The number of para-hydroxylation sites is 1. The summed E-state index contributed by atoms with van der Waals surface area (Å²) < 4.78 is 5.54. The van der Waals surface area contributed by atoms with E-state index >= 15 is 0 Å². The van der Waals surface area contributed by atoms with Gasteiger partial charge in [-0.25, -0.2) is 0 Å². The van der Waals surface area contributed by atoms with Crippen LogP contribution >= 0.6 is 0 Å². The van der Waals surface area contributed by atoms with Crippen LogP contribution in [0.5, 0.6) is 0 Å². The highest BCUT2D eigenvalue weighted by Gasteiger charge is 2.04. The van der Waals surface area contributed by atoms with Gasteiger partial charge in [-0.1, -0.05) is 48.5 Å². The molecule has 17 heavy (non-hydrogen) atoms. The molecule has 0 aliphatic rings. The van der Waals surface area contributed by atoms with Crippen molar-refractivity contribution in [2.24, 2.45) is 0 Å². The Balaban J connectivity index is 1.82. The maximum Gasteiger partial charge on any atom is 0.134 e. The molecule has 3 rings (SSSR count). The van der Waals surface area contributed by atoms with E-state index in [1.807, 2.05) is 18.4 Å². The summed E-state index contributed by atoms with van der Waals surface area (Å²) in [5, 5.41) is 1.24. The topological polar surface area (TPSA) is 13.1 Å². The highest BCUT2D eigenvalue weighted by atomic mass is 16.3. The van der Waals surface area contributed by atoms with E-state index < -0.39 is 0 Å². The van der Waals surface area contributed by atoms with Gasteiger partial charge < -0.3 is 4.42 Å². The predicted molar refractivity (Wildman–Crippen MR) is 70.1 cm³/mol. The van der Waals surface area contributed by atoms with Gasteiger partial charge in [0.25, 0.3) is 0 Å². The molecule has 0 aliphatic carbocycles. The van der Waals surface area contributed by atoms with E-state index in [4.69, 9.17) is 4.42 Å². The Kier molecular flexibility index (Phi) is 2.66. The molecule has 0 bridgehead atoms. The molecule has 2 aromatic carbocycles. The predicted octanol–water partition coefficient (Wildman–Crippen LogP) is 4.22. The van der Waals surface area contributed by atoms with Crippen LogP contribution in [0.1, 0.15) is 11.1 Å². The number of aryl methyl sites for hydroxylation is 2. The first kappa shape index (κ1) is 10.2. The largest absolute Gasteiger partial charge is 0.464 e. The molecule has 0 amide bonds. The Morgan fingerprint density at radius 1 is 0.765 bits per heavy atom. The highest BCUT2D eigenvalue weighted by molar-refractivity contribution is 5.80. The molecule has 84 valence electrons. The average molecular weight is 222 g/mol. The van der Waals surface area contributed by atoms with Gasteiger partial charge in [0, 0.05) is 5.39 Å². The summed E-state index contributed by atoms with van der Waals surface area (Å²) in [7, 11) is 0. The standard InChI is InChI=1S/C16H14O/c1-2-6-13(7-3-1)10-11-14-12-17-16-9-5-4-8-15(14)16/h1-9,12H,10-11H2. The zero-order chi connectivity index (χ0) is 11.5. The molecule has 0 atom stereocenters. The van der Waals surface area contributed by atoms with Crippen LogP contribution < -0.4 is 0 Å². The first-order valence-corrected chi connectivity index (χ1v) is 5.92. The molecule has 0 radical (unpaired) electrons. The lowest BCUT2D eigenvalue weighted by atomic mass is 10.0. The normalized spacial score (nSPS) is 10.8. The van der Waals surface area contributed by atoms with Crippen LogP contribution in [-0.4, -0.2) is 0 Å². The van der Waals surface area contributed by atoms with Gasteiger partial charge in [-0.05, 0) is 30.0 Å². The first-order valence-electron chi connectivity index (χ1n) is 5.92. The van der Waals surface area contributed by atoms with E-state index in [0.717, 1.165) is 18.4 Å². The third-order valence-corrected chi connectivity index (χ3v) is 3.09. The van der Waals surface area contributed by atoms with Crippen LogP contribution in [0.25, 0.3) is 11.0 Å². The smallest absolute Gasteiger partial charge is 0.134 e. The van der Waals surface area contributed by atoms with Crippen LogP contribution in [-0.2, 0) is 12.8 Å². The van der Waals surface area contributed by atoms with Crippen molar-refractivity contribution in [1.82, 2.24) is 0 Å². The summed E-state index contributed by atoms with van der Waals surface area (Å²) in [6.45, 7) is 0. The van der Waals surface area contributed by atoms with Crippen molar-refractivity contribution in [3.8, 4) is 0 Å². The zero-order valence-corrected chi connectivity index (χ0v) is 9.60. The van der Waals surface area contributed by atoms with E-state index in [1.54, 1.807) is 0 Å². The molecular formula is C16H14O. The monoisotopic (exact) mass is 222 g/mol. The number of hydrogen-bond acceptors (Lipinski definition) is 1. The van der Waals surface area contributed by atoms with E-state index in [2.05, 4.69) is 42.5 Å². The molecule has 0 fully saturated rings. The SMILES string of the molecule is c1ccc(CCc2coc3ccccc23)cc1. The number of furan rings is 1. The van der Waals surface area contributed by atoms with Crippen LogP contribution in [0, 0.1) is 0 Å². The molecule has 1 heterocycles. The molecule has 1 aromatic heterocycles. The van der Waals surface area contributed by atoms with Crippen molar-refractivity contribution in [3.63, 3.8) is 0 Å². The number of benzene rings is 2. The molecule has 0 saturated heterocycles. The van der Waals surface area contributed by atoms with Crippen molar-refractivity contribution in [2.45, 2.75) is 12.8 Å². The van der Waals surface area contributed by atoms with Crippen molar-refractivity contribution in [3.05, 3.63) is 72.0 Å². The van der Waals surface area contributed by atoms with Gasteiger partial charge in [0.15, 0.2) is 0 Å². The minimum absolute atomic E-state index is 0.982. The molecule has 0 saturated carbocycles. The third-order valence-electron chi connectivity index (χ3n) is 3.09. The van der Waals surface area contributed by atoms with E-state index in [1.165, 1.54) is 16.5 Å². The van der Waals surface area contributed by atoms with Crippen molar-refractivity contribution < 1.29 is 4.42 Å². The van der Waals surface area contributed by atoms with Crippen LogP contribution in [0.2, 0.25) is 0 Å². The summed E-state index contributed by atoms with van der Waals surface area (Å²) in [5.41, 5.74) is 3.65. The van der Waals surface area contributed by atoms with Gasteiger partial charge in [0.2, 0.25) is 0 Å². The van der Waals surface area contributed by atoms with E-state index in [9.17, 15) is 0 Å².